The van der Waals surface area contributed by atoms with Gasteiger partial charge in [0.05, 0.1) is 22.9 Å². The van der Waals surface area contributed by atoms with Gasteiger partial charge < -0.3 is 5.32 Å². The number of halogens is 1. The highest BCUT2D eigenvalue weighted by Crippen LogP contribution is 2.27. The van der Waals surface area contributed by atoms with E-state index in [-0.39, 0.29) is 11.6 Å². The fraction of sp³-hybridized carbons (Fsp3) is 0.0909. The zero-order chi connectivity index (χ0) is 19.2. The molecule has 3 aromatic rings. The van der Waals surface area contributed by atoms with Crippen LogP contribution in [0.25, 0.3) is 0 Å². The van der Waals surface area contributed by atoms with Crippen LogP contribution < -0.4 is 5.32 Å². The van der Waals surface area contributed by atoms with E-state index >= 15 is 0 Å². The minimum atomic E-state index is -0.453. The third-order valence-electron chi connectivity index (χ3n) is 3.98. The molecule has 0 aromatic heterocycles. The second-order valence-electron chi connectivity index (χ2n) is 6.03. The van der Waals surface area contributed by atoms with Gasteiger partial charge >= 0.3 is 0 Å². The van der Waals surface area contributed by atoms with Gasteiger partial charge in [-0.05, 0) is 54.4 Å². The van der Waals surface area contributed by atoms with Crippen LogP contribution in [0.5, 0.6) is 0 Å². The fourth-order valence-corrected chi connectivity index (χ4v) is 3.53. The Balaban J connectivity index is 1.74. The van der Waals surface area contributed by atoms with Crippen molar-refractivity contribution >= 4 is 23.4 Å². The lowest BCUT2D eigenvalue weighted by atomic mass is 10.2. The number of hydrogen-bond acceptors (Lipinski definition) is 3. The van der Waals surface area contributed by atoms with Crippen LogP contribution in [0.1, 0.15) is 27.0 Å². The Morgan fingerprint density at radius 2 is 1.85 bits per heavy atom. The molecule has 0 saturated carbocycles. The zero-order valence-corrected chi connectivity index (χ0v) is 15.5. The number of hydrogen-bond donors (Lipinski definition) is 1. The minimum Gasteiger partial charge on any atom is -0.319 e. The molecule has 0 bridgehead atoms. The number of carbonyl (C=O) groups excluding carboxylic acids is 1. The van der Waals surface area contributed by atoms with Gasteiger partial charge in [-0.3, -0.25) is 4.79 Å². The monoisotopic (exact) mass is 376 g/mol. The first-order valence-corrected chi connectivity index (χ1v) is 9.34. The normalized spacial score (nSPS) is 10.3. The summed E-state index contributed by atoms with van der Waals surface area (Å²) in [5.41, 5.74) is 3.12. The maximum atomic E-state index is 14.0. The molecule has 0 aliphatic heterocycles. The summed E-state index contributed by atoms with van der Waals surface area (Å²) in [4.78, 5) is 13.5. The van der Waals surface area contributed by atoms with E-state index in [9.17, 15) is 9.18 Å². The zero-order valence-electron chi connectivity index (χ0n) is 14.7. The van der Waals surface area contributed by atoms with Crippen LogP contribution in [0.15, 0.2) is 71.6 Å². The quantitative estimate of drug-likeness (QED) is 0.594. The van der Waals surface area contributed by atoms with Crippen molar-refractivity contribution in [1.29, 1.82) is 5.26 Å². The lowest BCUT2D eigenvalue weighted by Gasteiger charge is -2.11. The molecule has 0 fully saturated rings. The fourth-order valence-electron chi connectivity index (χ4n) is 2.53. The van der Waals surface area contributed by atoms with Gasteiger partial charge in [-0.2, -0.15) is 5.26 Å². The van der Waals surface area contributed by atoms with E-state index in [2.05, 4.69) is 11.4 Å². The minimum absolute atomic E-state index is 0.164. The molecule has 27 heavy (non-hydrogen) atoms. The Morgan fingerprint density at radius 3 is 2.56 bits per heavy atom. The van der Waals surface area contributed by atoms with Gasteiger partial charge in [0.25, 0.3) is 5.91 Å². The summed E-state index contributed by atoms with van der Waals surface area (Å²) < 4.78 is 14.0. The summed E-state index contributed by atoms with van der Waals surface area (Å²) in [6, 6.07) is 21.4. The molecule has 0 saturated heterocycles. The lowest BCUT2D eigenvalue weighted by Crippen LogP contribution is -2.14. The molecule has 0 radical (unpaired) electrons. The number of benzene rings is 3. The molecule has 0 spiro atoms. The molecule has 3 nitrogen and oxygen atoms in total. The van der Waals surface area contributed by atoms with Crippen LogP contribution in [-0.2, 0) is 5.75 Å². The van der Waals surface area contributed by atoms with Crippen LogP contribution in [0, 0.1) is 24.1 Å². The van der Waals surface area contributed by atoms with E-state index in [1.165, 1.54) is 17.8 Å². The molecular weight excluding hydrogens is 359 g/mol. The Morgan fingerprint density at radius 1 is 1.11 bits per heavy atom. The van der Waals surface area contributed by atoms with E-state index < -0.39 is 5.82 Å². The number of anilines is 1. The number of nitrogens with one attached hydrogen (secondary N) is 1. The Hall–Kier alpha value is -3.10. The highest BCUT2D eigenvalue weighted by Gasteiger charge is 2.13. The molecule has 1 amide bonds. The van der Waals surface area contributed by atoms with Crippen molar-refractivity contribution in [2.45, 2.75) is 17.6 Å². The van der Waals surface area contributed by atoms with Crippen molar-refractivity contribution in [2.24, 2.45) is 0 Å². The summed E-state index contributed by atoms with van der Waals surface area (Å²) in [5, 5.41) is 11.5. The van der Waals surface area contributed by atoms with Crippen molar-refractivity contribution in [2.75, 3.05) is 5.32 Å². The molecule has 3 aromatic carbocycles. The highest BCUT2D eigenvalue weighted by atomic mass is 32.2. The Bertz CT molecular complexity index is 1010. The first-order chi connectivity index (χ1) is 13.1. The summed E-state index contributed by atoms with van der Waals surface area (Å²) in [6.07, 6.45) is 0. The predicted molar refractivity (Wildman–Crippen MR) is 106 cm³/mol. The number of aryl methyl sites for hydroxylation is 1. The second-order valence-corrected chi connectivity index (χ2v) is 7.05. The predicted octanol–water partition coefficient (Wildman–Crippen LogP) is 5.55. The first kappa shape index (κ1) is 18.7. The van der Waals surface area contributed by atoms with Gasteiger partial charge in [0.15, 0.2) is 0 Å². The standard InChI is InChI=1S/C22H17FN2OS/c1-15-6-11-20(19(23)12-15)25-22(26)18-4-2-3-5-21(18)27-14-17-9-7-16(13-24)8-10-17/h2-12H,14H2,1H3,(H,25,26). The number of rotatable bonds is 5. The third kappa shape index (κ3) is 4.75. The van der Waals surface area contributed by atoms with Crippen molar-refractivity contribution < 1.29 is 9.18 Å². The molecule has 134 valence electrons. The smallest absolute Gasteiger partial charge is 0.256 e. The molecule has 0 heterocycles. The van der Waals surface area contributed by atoms with Gasteiger partial charge in [-0.1, -0.05) is 30.3 Å². The topological polar surface area (TPSA) is 52.9 Å². The van der Waals surface area contributed by atoms with Crippen molar-refractivity contribution in [3.63, 3.8) is 0 Å². The number of carbonyl (C=O) groups is 1. The van der Waals surface area contributed by atoms with E-state index in [4.69, 9.17) is 5.26 Å². The number of nitrogens with zero attached hydrogens (tertiary/aromatic N) is 1. The largest absolute Gasteiger partial charge is 0.319 e. The van der Waals surface area contributed by atoms with Crippen LogP contribution >= 0.6 is 11.8 Å². The van der Waals surface area contributed by atoms with E-state index in [1.54, 1.807) is 43.3 Å². The van der Waals surface area contributed by atoms with Gasteiger partial charge in [0.1, 0.15) is 5.82 Å². The first-order valence-electron chi connectivity index (χ1n) is 8.35. The van der Waals surface area contributed by atoms with E-state index in [0.717, 1.165) is 16.0 Å². The number of amides is 1. The summed E-state index contributed by atoms with van der Waals surface area (Å²) in [7, 11) is 0. The van der Waals surface area contributed by atoms with Crippen LogP contribution in [-0.4, -0.2) is 5.91 Å². The Labute approximate surface area is 161 Å². The van der Waals surface area contributed by atoms with Crippen molar-refractivity contribution in [1.82, 2.24) is 0 Å². The summed E-state index contributed by atoms with van der Waals surface area (Å²) in [5.74, 6) is -0.138. The molecule has 0 unspecified atom stereocenters. The third-order valence-corrected chi connectivity index (χ3v) is 5.13. The molecule has 0 aliphatic carbocycles. The second kappa shape index (κ2) is 8.52. The van der Waals surface area contributed by atoms with Crippen LogP contribution in [0.2, 0.25) is 0 Å². The average molecular weight is 376 g/mol. The molecule has 0 aliphatic rings. The molecule has 0 atom stereocenters. The highest BCUT2D eigenvalue weighted by molar-refractivity contribution is 7.98. The molecule has 5 heteroatoms. The van der Waals surface area contributed by atoms with Crippen molar-refractivity contribution in [3.05, 3.63) is 94.8 Å². The molecule has 3 rings (SSSR count). The SMILES string of the molecule is Cc1ccc(NC(=O)c2ccccc2SCc2ccc(C#N)cc2)c(F)c1. The maximum Gasteiger partial charge on any atom is 0.256 e. The summed E-state index contributed by atoms with van der Waals surface area (Å²) >= 11 is 1.52. The Kier molecular flexibility index (Phi) is 5.90. The maximum absolute atomic E-state index is 14.0. The van der Waals surface area contributed by atoms with Crippen LogP contribution in [0.3, 0.4) is 0 Å². The van der Waals surface area contributed by atoms with Crippen molar-refractivity contribution in [3.8, 4) is 6.07 Å². The van der Waals surface area contributed by atoms with E-state index in [1.807, 2.05) is 24.3 Å². The average Bonchev–Trinajstić information content (AvgIpc) is 2.69. The number of thioether (sulfide) groups is 1. The van der Waals surface area contributed by atoms with Crippen LogP contribution in [0.4, 0.5) is 10.1 Å². The van der Waals surface area contributed by atoms with Gasteiger partial charge in [-0.15, -0.1) is 11.8 Å². The van der Waals surface area contributed by atoms with Gasteiger partial charge in [-0.25, -0.2) is 4.39 Å². The molecule has 1 N–H and O–H groups in total. The lowest BCUT2D eigenvalue weighted by molar-refractivity contribution is 0.102. The van der Waals surface area contributed by atoms with Gasteiger partial charge in [0.2, 0.25) is 0 Å². The number of nitriles is 1. The van der Waals surface area contributed by atoms with Gasteiger partial charge in [0, 0.05) is 10.6 Å². The summed E-state index contributed by atoms with van der Waals surface area (Å²) in [6.45, 7) is 1.80. The molecular formula is C22H17FN2OS. The van der Waals surface area contributed by atoms with E-state index in [0.29, 0.717) is 16.9 Å².